The normalized spacial score (nSPS) is 27.3. The SMILES string of the molecule is C[C@H]1C(=O)Nc2ccc(C(=O)CN3C(=O)[C@H]4CC=CC[C@@H]4C3=O)cc21. The molecule has 25 heavy (non-hydrogen) atoms. The number of hydrogen-bond acceptors (Lipinski definition) is 4. The molecule has 3 aliphatic rings. The van der Waals surface area contributed by atoms with Crippen molar-refractivity contribution in [1.82, 2.24) is 4.90 Å². The molecule has 1 aromatic rings. The van der Waals surface area contributed by atoms with Gasteiger partial charge in [-0.1, -0.05) is 12.2 Å². The first-order chi connectivity index (χ1) is 12.0. The highest BCUT2D eigenvalue weighted by molar-refractivity contribution is 6.10. The average molecular weight is 338 g/mol. The molecule has 1 saturated heterocycles. The molecule has 3 amide bonds. The number of rotatable bonds is 3. The van der Waals surface area contributed by atoms with Gasteiger partial charge in [-0.3, -0.25) is 24.1 Å². The molecule has 0 aromatic heterocycles. The minimum absolute atomic E-state index is 0.0962. The van der Waals surface area contributed by atoms with Gasteiger partial charge in [0.1, 0.15) is 0 Å². The highest BCUT2D eigenvalue weighted by Crippen LogP contribution is 2.36. The second-order valence-corrected chi connectivity index (χ2v) is 6.85. The van der Waals surface area contributed by atoms with Crippen molar-refractivity contribution >= 4 is 29.2 Å². The van der Waals surface area contributed by atoms with E-state index in [1.54, 1.807) is 25.1 Å². The Bertz CT molecular complexity index is 816. The fraction of sp³-hybridized carbons (Fsp3) is 0.368. The maximum atomic E-state index is 12.6. The van der Waals surface area contributed by atoms with Crippen LogP contribution in [0.2, 0.25) is 0 Å². The average Bonchev–Trinajstić information content (AvgIpc) is 3.04. The van der Waals surface area contributed by atoms with E-state index in [0.717, 1.165) is 10.5 Å². The van der Waals surface area contributed by atoms with Crippen LogP contribution in [-0.4, -0.2) is 34.9 Å². The van der Waals surface area contributed by atoms with Crippen molar-refractivity contribution in [2.45, 2.75) is 25.7 Å². The second kappa shape index (κ2) is 5.65. The lowest BCUT2D eigenvalue weighted by Crippen LogP contribution is -2.36. The highest BCUT2D eigenvalue weighted by atomic mass is 16.2. The number of hydrogen-bond donors (Lipinski definition) is 1. The van der Waals surface area contributed by atoms with Crippen molar-refractivity contribution in [2.75, 3.05) is 11.9 Å². The van der Waals surface area contributed by atoms with Gasteiger partial charge in [0, 0.05) is 11.3 Å². The van der Waals surface area contributed by atoms with Crippen molar-refractivity contribution in [3.8, 4) is 0 Å². The van der Waals surface area contributed by atoms with Gasteiger partial charge in [0.2, 0.25) is 17.7 Å². The fourth-order valence-electron chi connectivity index (χ4n) is 3.85. The highest BCUT2D eigenvalue weighted by Gasteiger charge is 2.47. The van der Waals surface area contributed by atoms with E-state index in [0.29, 0.717) is 24.1 Å². The molecule has 0 bridgehead atoms. The molecule has 2 aliphatic heterocycles. The Balaban J connectivity index is 1.54. The minimum Gasteiger partial charge on any atom is -0.325 e. The topological polar surface area (TPSA) is 83.6 Å². The third-order valence-corrected chi connectivity index (χ3v) is 5.39. The molecule has 3 atom stereocenters. The standard InChI is InChI=1S/C19H18N2O4/c1-10-14-8-11(6-7-15(14)20-17(10)23)16(22)9-21-18(24)12-4-2-3-5-13(12)19(21)25/h2-3,6-8,10,12-13H,4-5,9H2,1H3,(H,20,23)/t10-,12+,13+/m1/s1. The van der Waals surface area contributed by atoms with E-state index < -0.39 is 0 Å². The van der Waals surface area contributed by atoms with Crippen molar-refractivity contribution in [3.05, 3.63) is 41.5 Å². The molecule has 6 heteroatoms. The first-order valence-electron chi connectivity index (χ1n) is 8.45. The van der Waals surface area contributed by atoms with Gasteiger partial charge in [0.05, 0.1) is 24.3 Å². The first-order valence-corrected chi connectivity index (χ1v) is 8.45. The third kappa shape index (κ3) is 2.40. The first kappa shape index (κ1) is 15.7. The van der Waals surface area contributed by atoms with E-state index >= 15 is 0 Å². The van der Waals surface area contributed by atoms with Crippen LogP contribution in [0.4, 0.5) is 5.69 Å². The summed E-state index contributed by atoms with van der Waals surface area (Å²) in [4.78, 5) is 50.4. The molecule has 1 fully saturated rings. The molecule has 0 radical (unpaired) electrons. The molecule has 4 rings (SSSR count). The summed E-state index contributed by atoms with van der Waals surface area (Å²) in [6.45, 7) is 1.54. The number of ketones is 1. The number of fused-ring (bicyclic) bond motifs is 2. The van der Waals surface area contributed by atoms with E-state index in [1.165, 1.54) is 0 Å². The van der Waals surface area contributed by atoms with Gasteiger partial charge in [-0.25, -0.2) is 0 Å². The molecule has 6 nitrogen and oxygen atoms in total. The third-order valence-electron chi connectivity index (χ3n) is 5.39. The van der Waals surface area contributed by atoms with Crippen LogP contribution in [0.25, 0.3) is 0 Å². The van der Waals surface area contributed by atoms with Crippen molar-refractivity contribution < 1.29 is 19.2 Å². The summed E-state index contributed by atoms with van der Waals surface area (Å²) in [5.74, 6) is -1.85. The zero-order valence-electron chi connectivity index (χ0n) is 13.8. The van der Waals surface area contributed by atoms with Crippen LogP contribution in [0, 0.1) is 11.8 Å². The van der Waals surface area contributed by atoms with Crippen LogP contribution in [0.3, 0.4) is 0 Å². The maximum absolute atomic E-state index is 12.6. The lowest BCUT2D eigenvalue weighted by Gasteiger charge is -2.14. The van der Waals surface area contributed by atoms with E-state index in [9.17, 15) is 19.2 Å². The fourth-order valence-corrected chi connectivity index (χ4v) is 3.85. The number of nitrogens with zero attached hydrogens (tertiary/aromatic N) is 1. The summed E-state index contributed by atoms with van der Waals surface area (Å²) in [7, 11) is 0. The van der Waals surface area contributed by atoms with E-state index in [4.69, 9.17) is 0 Å². The number of imide groups is 1. The lowest BCUT2D eigenvalue weighted by molar-refractivity contribution is -0.139. The molecule has 0 spiro atoms. The number of likely N-dealkylation sites (tertiary alicyclic amines) is 1. The van der Waals surface area contributed by atoms with E-state index in [-0.39, 0.29) is 47.8 Å². The Labute approximate surface area is 144 Å². The Hall–Kier alpha value is -2.76. The maximum Gasteiger partial charge on any atom is 0.233 e. The molecular weight excluding hydrogens is 320 g/mol. The summed E-state index contributed by atoms with van der Waals surface area (Å²) >= 11 is 0. The van der Waals surface area contributed by atoms with Crippen LogP contribution in [-0.2, 0) is 14.4 Å². The summed E-state index contributed by atoms with van der Waals surface area (Å²) in [6.07, 6.45) is 4.96. The summed E-state index contributed by atoms with van der Waals surface area (Å²) in [5, 5.41) is 2.76. The van der Waals surface area contributed by atoms with Gasteiger partial charge in [-0.05, 0) is 43.5 Å². The Morgan fingerprint density at radius 3 is 2.40 bits per heavy atom. The number of amides is 3. The zero-order chi connectivity index (χ0) is 17.7. The van der Waals surface area contributed by atoms with Crippen LogP contribution in [0.1, 0.15) is 41.6 Å². The van der Waals surface area contributed by atoms with Crippen LogP contribution < -0.4 is 5.32 Å². The van der Waals surface area contributed by atoms with E-state index in [2.05, 4.69) is 5.32 Å². The van der Waals surface area contributed by atoms with E-state index in [1.807, 2.05) is 12.2 Å². The molecule has 0 unspecified atom stereocenters. The van der Waals surface area contributed by atoms with Gasteiger partial charge in [0.15, 0.2) is 5.78 Å². The molecule has 1 aromatic carbocycles. The van der Waals surface area contributed by atoms with Crippen molar-refractivity contribution in [2.24, 2.45) is 11.8 Å². The van der Waals surface area contributed by atoms with Gasteiger partial charge in [0.25, 0.3) is 0 Å². The monoisotopic (exact) mass is 338 g/mol. The number of Topliss-reactive ketones (excluding diaryl/α,β-unsaturated/α-hetero) is 1. The van der Waals surface area contributed by atoms with Crippen molar-refractivity contribution in [1.29, 1.82) is 0 Å². The summed E-state index contributed by atoms with van der Waals surface area (Å²) in [6, 6.07) is 5.00. The molecule has 128 valence electrons. The zero-order valence-corrected chi connectivity index (χ0v) is 13.8. The number of carbonyl (C=O) groups is 4. The summed E-state index contributed by atoms with van der Waals surface area (Å²) in [5.41, 5.74) is 1.89. The molecule has 1 N–H and O–H groups in total. The Morgan fingerprint density at radius 1 is 1.12 bits per heavy atom. The van der Waals surface area contributed by atoms with Gasteiger partial charge in [-0.2, -0.15) is 0 Å². The molecule has 2 heterocycles. The predicted molar refractivity (Wildman–Crippen MR) is 89.9 cm³/mol. The number of carbonyl (C=O) groups excluding carboxylic acids is 4. The van der Waals surface area contributed by atoms with Gasteiger partial charge >= 0.3 is 0 Å². The Kier molecular flexibility index (Phi) is 3.56. The van der Waals surface area contributed by atoms with Crippen LogP contribution in [0.5, 0.6) is 0 Å². The number of benzene rings is 1. The molecular formula is C19H18N2O4. The minimum atomic E-state index is -0.327. The smallest absolute Gasteiger partial charge is 0.233 e. The number of nitrogens with one attached hydrogen (secondary N) is 1. The van der Waals surface area contributed by atoms with Crippen LogP contribution >= 0.6 is 0 Å². The van der Waals surface area contributed by atoms with Crippen molar-refractivity contribution in [3.63, 3.8) is 0 Å². The second-order valence-electron chi connectivity index (χ2n) is 6.85. The predicted octanol–water partition coefficient (Wildman–Crippen LogP) is 1.88. The quantitative estimate of drug-likeness (QED) is 0.518. The van der Waals surface area contributed by atoms with Gasteiger partial charge in [-0.15, -0.1) is 0 Å². The molecule has 0 saturated carbocycles. The summed E-state index contributed by atoms with van der Waals surface area (Å²) < 4.78 is 0. The van der Waals surface area contributed by atoms with Gasteiger partial charge < -0.3 is 5.32 Å². The number of anilines is 1. The number of allylic oxidation sites excluding steroid dienone is 2. The largest absolute Gasteiger partial charge is 0.325 e. The Morgan fingerprint density at radius 2 is 1.76 bits per heavy atom. The molecule has 1 aliphatic carbocycles. The lowest BCUT2D eigenvalue weighted by atomic mass is 9.85. The van der Waals surface area contributed by atoms with Crippen LogP contribution in [0.15, 0.2) is 30.4 Å².